The number of benzene rings is 3. The Morgan fingerprint density at radius 1 is 0.949 bits per heavy atom. The van der Waals surface area contributed by atoms with Crippen LogP contribution in [0, 0.1) is 23.4 Å². The molecule has 0 aliphatic heterocycles. The van der Waals surface area contributed by atoms with Crippen LogP contribution in [0.15, 0.2) is 67.3 Å². The maximum Gasteiger partial charge on any atom is 0.166 e. The van der Waals surface area contributed by atoms with E-state index in [1.807, 2.05) is 12.1 Å². The zero-order valence-electron chi connectivity index (χ0n) is 22.8. The molecule has 0 bridgehead atoms. The van der Waals surface area contributed by atoms with Crippen LogP contribution >= 0.6 is 0 Å². The maximum absolute atomic E-state index is 15.2. The Bertz CT molecular complexity index is 1230. The molecule has 4 rings (SSSR count). The largest absolute Gasteiger partial charge is 0.493 e. The van der Waals surface area contributed by atoms with E-state index in [0.717, 1.165) is 44.1 Å². The molecule has 0 radical (unpaired) electrons. The van der Waals surface area contributed by atoms with E-state index in [0.29, 0.717) is 48.3 Å². The molecule has 1 N–H and O–H groups in total. The zero-order valence-corrected chi connectivity index (χ0v) is 22.8. The summed E-state index contributed by atoms with van der Waals surface area (Å²) in [6.45, 7) is 6.17. The van der Waals surface area contributed by atoms with Gasteiger partial charge in [0, 0.05) is 11.6 Å². The molecule has 0 aromatic heterocycles. The molecule has 39 heavy (non-hydrogen) atoms. The summed E-state index contributed by atoms with van der Waals surface area (Å²) in [5.41, 5.74) is 2.89. The monoisotopic (exact) mass is 536 g/mol. The predicted octanol–water partition coefficient (Wildman–Crippen LogP) is 8.95. The van der Waals surface area contributed by atoms with Crippen molar-refractivity contribution in [2.24, 2.45) is 5.92 Å². The van der Waals surface area contributed by atoms with Gasteiger partial charge in [-0.25, -0.2) is 13.2 Å². The molecule has 3 aromatic rings. The van der Waals surface area contributed by atoms with E-state index in [4.69, 9.17) is 4.74 Å². The van der Waals surface area contributed by atoms with Crippen molar-refractivity contribution in [3.8, 4) is 16.9 Å². The van der Waals surface area contributed by atoms with Crippen molar-refractivity contribution in [3.05, 3.63) is 101 Å². The summed E-state index contributed by atoms with van der Waals surface area (Å²) in [5.74, 6) is -1.14. The average Bonchev–Trinajstić information content (AvgIpc) is 2.95. The number of hydrogen-bond acceptors (Lipinski definition) is 2. The van der Waals surface area contributed by atoms with Crippen molar-refractivity contribution >= 4 is 0 Å². The Morgan fingerprint density at radius 3 is 2.36 bits per heavy atom. The summed E-state index contributed by atoms with van der Waals surface area (Å²) < 4.78 is 50.4. The van der Waals surface area contributed by atoms with Crippen LogP contribution < -0.4 is 4.74 Å². The quantitative estimate of drug-likeness (QED) is 0.185. The number of hydrogen-bond donors (Lipinski definition) is 1. The molecular weight excluding hydrogens is 497 g/mol. The Morgan fingerprint density at radius 2 is 1.69 bits per heavy atom. The Kier molecular flexibility index (Phi) is 10.3. The van der Waals surface area contributed by atoms with Crippen molar-refractivity contribution in [2.75, 3.05) is 6.61 Å². The second kappa shape index (κ2) is 13.8. The summed E-state index contributed by atoms with van der Waals surface area (Å²) in [6.07, 6.45) is 8.26. The molecule has 1 atom stereocenters. The fourth-order valence-corrected chi connectivity index (χ4v) is 5.66. The summed E-state index contributed by atoms with van der Waals surface area (Å²) in [6, 6.07) is 15.7. The molecule has 0 heterocycles. The number of rotatable bonds is 12. The molecule has 0 saturated heterocycles. The first-order valence-corrected chi connectivity index (χ1v) is 14.2. The molecule has 5 heteroatoms. The maximum atomic E-state index is 15.2. The third kappa shape index (κ3) is 7.33. The van der Waals surface area contributed by atoms with E-state index in [2.05, 4.69) is 13.5 Å². The third-order valence-electron chi connectivity index (χ3n) is 8.02. The first kappa shape index (κ1) is 28.9. The molecule has 1 fully saturated rings. The minimum absolute atomic E-state index is 0.0193. The van der Waals surface area contributed by atoms with E-state index in [1.54, 1.807) is 42.5 Å². The fourth-order valence-electron chi connectivity index (χ4n) is 5.66. The van der Waals surface area contributed by atoms with Crippen molar-refractivity contribution in [1.82, 2.24) is 0 Å². The number of ether oxygens (including phenoxy) is 1. The minimum atomic E-state index is -0.814. The number of halogens is 3. The van der Waals surface area contributed by atoms with Gasteiger partial charge in [0.1, 0.15) is 11.6 Å². The third-order valence-corrected chi connectivity index (χ3v) is 8.02. The smallest absolute Gasteiger partial charge is 0.166 e. The van der Waals surface area contributed by atoms with Crippen molar-refractivity contribution in [2.45, 2.75) is 76.7 Å². The highest BCUT2D eigenvalue weighted by Crippen LogP contribution is 2.40. The van der Waals surface area contributed by atoms with Crippen LogP contribution in [-0.4, -0.2) is 17.8 Å². The molecule has 1 aliphatic rings. The van der Waals surface area contributed by atoms with Crippen LogP contribution in [0.25, 0.3) is 11.1 Å². The Balaban J connectivity index is 1.37. The molecule has 0 amide bonds. The molecular formula is C34H39F3O2. The van der Waals surface area contributed by atoms with E-state index in [1.165, 1.54) is 6.07 Å². The van der Waals surface area contributed by atoms with Crippen LogP contribution in [0.2, 0.25) is 0 Å². The second-order valence-corrected chi connectivity index (χ2v) is 10.7. The Labute approximate surface area is 230 Å². The van der Waals surface area contributed by atoms with E-state index in [9.17, 15) is 9.50 Å². The summed E-state index contributed by atoms with van der Waals surface area (Å²) in [4.78, 5) is 0. The lowest BCUT2D eigenvalue weighted by Crippen LogP contribution is -2.25. The SMILES string of the molecule is C=CCCOc1ccc(CCc2ccc(-c3ccc(C4CCC(C(O)CCC)CC4)c(F)c3F)cc2)c(F)c1. The van der Waals surface area contributed by atoms with Gasteiger partial charge in [-0.15, -0.1) is 6.58 Å². The van der Waals surface area contributed by atoms with Gasteiger partial charge < -0.3 is 9.84 Å². The molecule has 2 nitrogen and oxygen atoms in total. The lowest BCUT2D eigenvalue weighted by atomic mass is 9.75. The minimum Gasteiger partial charge on any atom is -0.493 e. The topological polar surface area (TPSA) is 29.5 Å². The average molecular weight is 537 g/mol. The number of aryl methyl sites for hydroxylation is 2. The normalized spacial score (nSPS) is 18.1. The number of aliphatic hydroxyl groups excluding tert-OH is 1. The predicted molar refractivity (Wildman–Crippen MR) is 152 cm³/mol. The highest BCUT2D eigenvalue weighted by molar-refractivity contribution is 5.65. The van der Waals surface area contributed by atoms with Gasteiger partial charge in [0.05, 0.1) is 12.7 Å². The fraction of sp³-hybridized carbons (Fsp3) is 0.412. The van der Waals surface area contributed by atoms with Gasteiger partial charge in [-0.3, -0.25) is 0 Å². The van der Waals surface area contributed by atoms with Crippen molar-refractivity contribution in [1.29, 1.82) is 0 Å². The van der Waals surface area contributed by atoms with Crippen LogP contribution in [0.5, 0.6) is 5.75 Å². The van der Waals surface area contributed by atoms with Crippen molar-refractivity contribution < 1.29 is 23.0 Å². The lowest BCUT2D eigenvalue weighted by molar-refractivity contribution is 0.0727. The van der Waals surface area contributed by atoms with Crippen LogP contribution in [-0.2, 0) is 12.8 Å². The van der Waals surface area contributed by atoms with Gasteiger partial charge in [-0.1, -0.05) is 61.9 Å². The van der Waals surface area contributed by atoms with Gasteiger partial charge >= 0.3 is 0 Å². The van der Waals surface area contributed by atoms with Gasteiger partial charge in [-0.05, 0) is 91.5 Å². The lowest BCUT2D eigenvalue weighted by Gasteiger charge is -2.32. The van der Waals surface area contributed by atoms with Crippen molar-refractivity contribution in [3.63, 3.8) is 0 Å². The summed E-state index contributed by atoms with van der Waals surface area (Å²) >= 11 is 0. The molecule has 1 aliphatic carbocycles. The standard InChI is InChI=1S/C34H39F3O2/c1-3-5-21-39-28-18-17-26(31(35)22-28)12-9-23-7-10-24(11-8-23)29-19-20-30(34(37)33(29)36)25-13-15-27(16-14-25)32(38)6-4-2/h3,7-8,10-11,17-20,22,25,27,32,38H,1,4-6,9,12-16,21H2,2H3. The van der Waals surface area contributed by atoms with Gasteiger partial charge in [0.15, 0.2) is 11.6 Å². The molecule has 1 unspecified atom stereocenters. The summed E-state index contributed by atoms with van der Waals surface area (Å²) in [7, 11) is 0. The van der Waals surface area contributed by atoms with Gasteiger partial charge in [0.2, 0.25) is 0 Å². The van der Waals surface area contributed by atoms with E-state index >= 15 is 8.78 Å². The van der Waals surface area contributed by atoms with E-state index < -0.39 is 11.6 Å². The second-order valence-electron chi connectivity index (χ2n) is 10.7. The molecule has 1 saturated carbocycles. The molecule has 0 spiro atoms. The Hall–Kier alpha value is -3.05. The van der Waals surface area contributed by atoms with Crippen LogP contribution in [0.3, 0.4) is 0 Å². The highest BCUT2D eigenvalue weighted by atomic mass is 19.2. The van der Waals surface area contributed by atoms with E-state index in [-0.39, 0.29) is 29.3 Å². The number of aliphatic hydroxyl groups is 1. The molecule has 208 valence electrons. The first-order valence-electron chi connectivity index (χ1n) is 14.2. The highest BCUT2D eigenvalue weighted by Gasteiger charge is 2.29. The van der Waals surface area contributed by atoms with Gasteiger partial charge in [-0.2, -0.15) is 0 Å². The van der Waals surface area contributed by atoms with Crippen LogP contribution in [0.4, 0.5) is 13.2 Å². The summed E-state index contributed by atoms with van der Waals surface area (Å²) in [5, 5.41) is 10.3. The van der Waals surface area contributed by atoms with Crippen LogP contribution in [0.1, 0.15) is 74.5 Å². The van der Waals surface area contributed by atoms with Gasteiger partial charge in [0.25, 0.3) is 0 Å². The first-order chi connectivity index (χ1) is 18.9. The zero-order chi connectivity index (χ0) is 27.8. The molecule has 3 aromatic carbocycles.